The van der Waals surface area contributed by atoms with Crippen LogP contribution >= 0.6 is 0 Å². The van der Waals surface area contributed by atoms with Crippen LogP contribution in [0.15, 0.2) is 34.7 Å². The minimum absolute atomic E-state index is 0.0753. The second-order valence-electron chi connectivity index (χ2n) is 7.47. The highest BCUT2D eigenvalue weighted by Gasteiger charge is 2.55. The van der Waals surface area contributed by atoms with E-state index in [9.17, 15) is 14.4 Å². The number of carbonyl (C=O) groups excluding carboxylic acids is 3. The van der Waals surface area contributed by atoms with Crippen molar-refractivity contribution >= 4 is 28.8 Å². The van der Waals surface area contributed by atoms with E-state index in [-0.39, 0.29) is 30.8 Å². The third-order valence-electron chi connectivity index (χ3n) is 5.74. The summed E-state index contributed by atoms with van der Waals surface area (Å²) in [5, 5.41) is 6.54. The third kappa shape index (κ3) is 3.07. The summed E-state index contributed by atoms with van der Waals surface area (Å²) in [7, 11) is 0. The number of benzene rings is 1. The molecular weight excluding hydrogens is 346 g/mol. The molecule has 2 aliphatic rings. The monoisotopic (exact) mass is 369 g/mol. The number of urea groups is 1. The molecule has 2 heterocycles. The van der Waals surface area contributed by atoms with Gasteiger partial charge in [0.05, 0.1) is 6.54 Å². The van der Waals surface area contributed by atoms with Crippen LogP contribution in [-0.4, -0.2) is 34.8 Å². The van der Waals surface area contributed by atoms with Gasteiger partial charge in [-0.3, -0.25) is 14.5 Å². The van der Waals surface area contributed by atoms with Gasteiger partial charge in [0, 0.05) is 5.39 Å². The van der Waals surface area contributed by atoms with Crippen LogP contribution in [0.25, 0.3) is 11.0 Å². The molecule has 1 aromatic carbocycles. The lowest BCUT2D eigenvalue weighted by atomic mass is 9.73. The number of furan rings is 1. The highest BCUT2D eigenvalue weighted by molar-refractivity contribution is 6.09. The highest BCUT2D eigenvalue weighted by Crippen LogP contribution is 2.38. The Morgan fingerprint density at radius 3 is 2.93 bits per heavy atom. The first-order valence-corrected chi connectivity index (χ1v) is 9.38. The predicted molar refractivity (Wildman–Crippen MR) is 98.7 cm³/mol. The second kappa shape index (κ2) is 6.72. The van der Waals surface area contributed by atoms with Gasteiger partial charge in [0.15, 0.2) is 0 Å². The van der Waals surface area contributed by atoms with Crippen molar-refractivity contribution in [2.24, 2.45) is 5.92 Å². The zero-order chi connectivity index (χ0) is 19.0. The Morgan fingerprint density at radius 1 is 1.33 bits per heavy atom. The Bertz CT molecular complexity index is 873. The van der Waals surface area contributed by atoms with Crippen molar-refractivity contribution in [3.05, 3.63) is 36.1 Å². The maximum atomic E-state index is 12.9. The summed E-state index contributed by atoms with van der Waals surface area (Å²) in [4.78, 5) is 38.5. The first kappa shape index (κ1) is 17.6. The Labute approximate surface area is 157 Å². The van der Waals surface area contributed by atoms with Gasteiger partial charge in [-0.1, -0.05) is 38.0 Å². The van der Waals surface area contributed by atoms with Crippen LogP contribution in [0.4, 0.5) is 4.79 Å². The van der Waals surface area contributed by atoms with Gasteiger partial charge >= 0.3 is 6.03 Å². The smallest absolute Gasteiger partial charge is 0.325 e. The highest BCUT2D eigenvalue weighted by atomic mass is 16.3. The lowest BCUT2D eigenvalue weighted by molar-refractivity contribution is -0.137. The number of hydrogen-bond donors (Lipinski definition) is 2. The maximum absolute atomic E-state index is 12.9. The molecule has 4 rings (SSSR count). The van der Waals surface area contributed by atoms with E-state index in [1.807, 2.05) is 37.3 Å². The molecular formula is C20H23N3O4. The molecule has 2 fully saturated rings. The fourth-order valence-corrected chi connectivity index (χ4v) is 4.15. The molecule has 0 radical (unpaired) electrons. The minimum Gasteiger partial charge on any atom is -0.459 e. The van der Waals surface area contributed by atoms with Crippen molar-refractivity contribution in [2.75, 3.05) is 6.54 Å². The number of rotatable bonds is 4. The summed E-state index contributed by atoms with van der Waals surface area (Å²) < 4.78 is 5.66. The molecule has 2 unspecified atom stereocenters. The molecule has 1 aliphatic carbocycles. The molecule has 2 aromatic rings. The van der Waals surface area contributed by atoms with Gasteiger partial charge in [-0.25, -0.2) is 4.79 Å². The average molecular weight is 369 g/mol. The van der Waals surface area contributed by atoms with E-state index in [0.717, 1.165) is 35.1 Å². The molecule has 7 heteroatoms. The lowest BCUT2D eigenvalue weighted by Gasteiger charge is -2.36. The van der Waals surface area contributed by atoms with Crippen molar-refractivity contribution in [1.82, 2.24) is 15.5 Å². The molecule has 142 valence electrons. The number of carbonyl (C=O) groups is 3. The van der Waals surface area contributed by atoms with E-state index in [1.165, 1.54) is 0 Å². The number of nitrogens with zero attached hydrogens (tertiary/aromatic N) is 1. The van der Waals surface area contributed by atoms with Gasteiger partial charge in [-0.15, -0.1) is 0 Å². The molecule has 0 bridgehead atoms. The van der Waals surface area contributed by atoms with E-state index >= 15 is 0 Å². The van der Waals surface area contributed by atoms with Crippen LogP contribution in [0.2, 0.25) is 0 Å². The van der Waals surface area contributed by atoms with Crippen molar-refractivity contribution in [3.63, 3.8) is 0 Å². The number of hydrogen-bond acceptors (Lipinski definition) is 4. The first-order chi connectivity index (χ1) is 13.0. The average Bonchev–Trinajstić information content (AvgIpc) is 3.17. The molecule has 1 saturated carbocycles. The molecule has 1 aromatic heterocycles. The number of amides is 4. The summed E-state index contributed by atoms with van der Waals surface area (Å²) in [5.41, 5.74) is -0.0852. The summed E-state index contributed by atoms with van der Waals surface area (Å²) in [5.74, 6) is 0.0310. The van der Waals surface area contributed by atoms with Crippen LogP contribution in [0.5, 0.6) is 0 Å². The van der Waals surface area contributed by atoms with E-state index in [1.54, 1.807) is 0 Å². The number of fused-ring (bicyclic) bond motifs is 1. The van der Waals surface area contributed by atoms with Gasteiger partial charge in [0.2, 0.25) is 5.91 Å². The second-order valence-corrected chi connectivity index (χ2v) is 7.47. The van der Waals surface area contributed by atoms with Crippen LogP contribution in [-0.2, 0) is 16.1 Å². The van der Waals surface area contributed by atoms with Gasteiger partial charge in [0.1, 0.15) is 23.4 Å². The van der Waals surface area contributed by atoms with Crippen LogP contribution in [0, 0.1) is 5.92 Å². The van der Waals surface area contributed by atoms with Gasteiger partial charge < -0.3 is 15.1 Å². The Hall–Kier alpha value is -2.83. The summed E-state index contributed by atoms with van der Waals surface area (Å²) >= 11 is 0. The fourth-order valence-electron chi connectivity index (χ4n) is 4.15. The third-order valence-corrected chi connectivity index (χ3v) is 5.74. The van der Waals surface area contributed by atoms with E-state index in [0.29, 0.717) is 12.2 Å². The Kier molecular flexibility index (Phi) is 4.37. The molecule has 2 N–H and O–H groups in total. The molecule has 7 nitrogen and oxygen atoms in total. The molecule has 27 heavy (non-hydrogen) atoms. The molecule has 1 spiro atoms. The minimum atomic E-state index is -0.839. The first-order valence-electron chi connectivity index (χ1n) is 9.38. The summed E-state index contributed by atoms with van der Waals surface area (Å²) in [6.07, 6.45) is 3.50. The topological polar surface area (TPSA) is 91.7 Å². The number of nitrogens with one attached hydrogen (secondary N) is 2. The Morgan fingerprint density at radius 2 is 2.15 bits per heavy atom. The van der Waals surface area contributed by atoms with Crippen LogP contribution < -0.4 is 10.6 Å². The number of para-hydroxylation sites is 1. The zero-order valence-electron chi connectivity index (χ0n) is 15.3. The normalized spacial score (nSPS) is 25.2. The lowest BCUT2D eigenvalue weighted by Crippen LogP contribution is -2.54. The number of imide groups is 1. The zero-order valence-corrected chi connectivity index (χ0v) is 15.3. The largest absolute Gasteiger partial charge is 0.459 e. The molecule has 1 aliphatic heterocycles. The van der Waals surface area contributed by atoms with Gasteiger partial charge in [-0.2, -0.15) is 0 Å². The van der Waals surface area contributed by atoms with Crippen molar-refractivity contribution in [1.29, 1.82) is 0 Å². The van der Waals surface area contributed by atoms with Gasteiger partial charge in [0.25, 0.3) is 5.91 Å². The SMILES string of the molecule is CC1CCCCC12NC(=O)N(CC(=O)NCc1cc3ccccc3o1)C2=O. The summed E-state index contributed by atoms with van der Waals surface area (Å²) in [6, 6.07) is 8.98. The Balaban J connectivity index is 1.39. The summed E-state index contributed by atoms with van der Waals surface area (Å²) in [6.45, 7) is 1.92. The standard InChI is InChI=1S/C20H23N3O4/c1-13-6-4-5-9-20(13)18(25)23(19(26)22-20)12-17(24)21-11-15-10-14-7-2-3-8-16(14)27-15/h2-3,7-8,10,13H,4-6,9,11-12H2,1H3,(H,21,24)(H,22,26). The van der Waals surface area contributed by atoms with Gasteiger partial charge in [-0.05, 0) is 30.9 Å². The predicted octanol–water partition coefficient (Wildman–Crippen LogP) is 2.55. The van der Waals surface area contributed by atoms with Crippen molar-refractivity contribution < 1.29 is 18.8 Å². The van der Waals surface area contributed by atoms with E-state index in [2.05, 4.69) is 10.6 Å². The van der Waals surface area contributed by atoms with E-state index in [4.69, 9.17) is 4.42 Å². The molecule has 1 saturated heterocycles. The quantitative estimate of drug-likeness (QED) is 0.810. The molecule has 2 atom stereocenters. The maximum Gasteiger partial charge on any atom is 0.325 e. The van der Waals surface area contributed by atoms with Crippen molar-refractivity contribution in [2.45, 2.75) is 44.7 Å². The fraction of sp³-hybridized carbons (Fsp3) is 0.450. The van der Waals surface area contributed by atoms with Crippen LogP contribution in [0.3, 0.4) is 0 Å². The van der Waals surface area contributed by atoms with Crippen LogP contribution in [0.1, 0.15) is 38.4 Å². The van der Waals surface area contributed by atoms with E-state index < -0.39 is 11.6 Å². The molecule has 4 amide bonds. The van der Waals surface area contributed by atoms with Crippen molar-refractivity contribution in [3.8, 4) is 0 Å².